The molecule has 0 aliphatic rings. The molecule has 0 N–H and O–H groups in total. The van der Waals surface area contributed by atoms with Crippen molar-refractivity contribution >= 4 is 5.97 Å². The number of ether oxygens (including phenoxy) is 1. The fourth-order valence-corrected chi connectivity index (χ4v) is 1.69. The molecular weight excluding hydrogens is 188 g/mol. The molecule has 0 saturated heterocycles. The molecular formula is C13H18O2. The van der Waals surface area contributed by atoms with Gasteiger partial charge in [0.2, 0.25) is 0 Å². The van der Waals surface area contributed by atoms with Gasteiger partial charge in [-0.05, 0) is 31.4 Å². The van der Waals surface area contributed by atoms with Crippen LogP contribution in [-0.2, 0) is 16.0 Å². The summed E-state index contributed by atoms with van der Waals surface area (Å²) < 4.78 is 4.71. The molecule has 1 unspecified atom stereocenters. The monoisotopic (exact) mass is 206 g/mol. The number of hydrogen-bond acceptors (Lipinski definition) is 2. The first kappa shape index (κ1) is 11.8. The van der Waals surface area contributed by atoms with Crippen molar-refractivity contribution in [1.82, 2.24) is 0 Å². The van der Waals surface area contributed by atoms with Crippen molar-refractivity contribution in [3.63, 3.8) is 0 Å². The van der Waals surface area contributed by atoms with Crippen molar-refractivity contribution in [1.29, 1.82) is 0 Å². The van der Waals surface area contributed by atoms with E-state index in [1.54, 1.807) is 0 Å². The van der Waals surface area contributed by atoms with E-state index in [-0.39, 0.29) is 11.9 Å². The van der Waals surface area contributed by atoms with Gasteiger partial charge in [0.05, 0.1) is 13.0 Å². The van der Waals surface area contributed by atoms with E-state index in [1.807, 2.05) is 6.92 Å². The molecule has 0 aromatic heterocycles. The molecule has 0 amide bonds. The highest BCUT2D eigenvalue weighted by atomic mass is 16.5. The van der Waals surface area contributed by atoms with E-state index in [4.69, 9.17) is 4.74 Å². The topological polar surface area (TPSA) is 26.3 Å². The highest BCUT2D eigenvalue weighted by Crippen LogP contribution is 2.15. The molecule has 0 saturated carbocycles. The minimum absolute atomic E-state index is 0.0728. The van der Waals surface area contributed by atoms with Crippen molar-refractivity contribution in [3.8, 4) is 0 Å². The van der Waals surface area contributed by atoms with Crippen molar-refractivity contribution < 1.29 is 9.53 Å². The van der Waals surface area contributed by atoms with Crippen molar-refractivity contribution in [3.05, 3.63) is 34.9 Å². The lowest BCUT2D eigenvalue weighted by molar-refractivity contribution is -0.144. The summed E-state index contributed by atoms with van der Waals surface area (Å²) >= 11 is 0. The summed E-state index contributed by atoms with van der Waals surface area (Å²) in [5, 5.41) is 0. The lowest BCUT2D eigenvalue weighted by atomic mass is 9.96. The number of carbonyl (C=O) groups is 1. The van der Waals surface area contributed by atoms with Gasteiger partial charge >= 0.3 is 5.97 Å². The van der Waals surface area contributed by atoms with Gasteiger partial charge in [-0.25, -0.2) is 0 Å². The predicted molar refractivity (Wildman–Crippen MR) is 60.8 cm³/mol. The van der Waals surface area contributed by atoms with Crippen LogP contribution in [0.1, 0.15) is 23.6 Å². The van der Waals surface area contributed by atoms with E-state index < -0.39 is 0 Å². The van der Waals surface area contributed by atoms with Gasteiger partial charge in [-0.2, -0.15) is 0 Å². The average Bonchev–Trinajstić information content (AvgIpc) is 2.20. The van der Waals surface area contributed by atoms with Gasteiger partial charge < -0.3 is 4.74 Å². The molecule has 0 radical (unpaired) electrons. The Hall–Kier alpha value is -1.31. The quantitative estimate of drug-likeness (QED) is 0.711. The van der Waals surface area contributed by atoms with Gasteiger partial charge in [0.25, 0.3) is 0 Å². The maximum absolute atomic E-state index is 11.3. The van der Waals surface area contributed by atoms with Crippen LogP contribution in [0.4, 0.5) is 0 Å². The second-order valence-corrected chi connectivity index (χ2v) is 4.06. The molecule has 0 aliphatic heterocycles. The second-order valence-electron chi connectivity index (χ2n) is 4.06. The zero-order valence-corrected chi connectivity index (χ0v) is 9.83. The van der Waals surface area contributed by atoms with Gasteiger partial charge in [0.15, 0.2) is 0 Å². The van der Waals surface area contributed by atoms with Gasteiger partial charge in [0, 0.05) is 0 Å². The Balaban J connectivity index is 2.76. The average molecular weight is 206 g/mol. The maximum Gasteiger partial charge on any atom is 0.308 e. The SMILES string of the molecule is COC(=O)C(C)Cc1ccc(C)cc1C. The molecule has 15 heavy (non-hydrogen) atoms. The van der Waals surface area contributed by atoms with E-state index in [9.17, 15) is 4.79 Å². The van der Waals surface area contributed by atoms with Crippen LogP contribution in [0, 0.1) is 19.8 Å². The fraction of sp³-hybridized carbons (Fsp3) is 0.462. The molecule has 82 valence electrons. The molecule has 0 spiro atoms. The van der Waals surface area contributed by atoms with Crippen molar-refractivity contribution in [2.75, 3.05) is 7.11 Å². The normalized spacial score (nSPS) is 12.3. The van der Waals surface area contributed by atoms with E-state index in [0.29, 0.717) is 0 Å². The van der Waals surface area contributed by atoms with Crippen LogP contribution in [0.5, 0.6) is 0 Å². The van der Waals surface area contributed by atoms with Crippen LogP contribution in [0.15, 0.2) is 18.2 Å². The molecule has 1 atom stereocenters. The Labute approximate surface area is 91.3 Å². The Morgan fingerprint density at radius 1 is 1.40 bits per heavy atom. The fourth-order valence-electron chi connectivity index (χ4n) is 1.69. The van der Waals surface area contributed by atoms with E-state index >= 15 is 0 Å². The summed E-state index contributed by atoms with van der Waals surface area (Å²) in [6, 6.07) is 6.30. The molecule has 2 heteroatoms. The largest absolute Gasteiger partial charge is 0.469 e. The van der Waals surface area contributed by atoms with Gasteiger partial charge in [-0.3, -0.25) is 4.79 Å². The van der Waals surface area contributed by atoms with Gasteiger partial charge in [-0.15, -0.1) is 0 Å². The second kappa shape index (κ2) is 4.96. The third-order valence-corrected chi connectivity index (χ3v) is 2.63. The Kier molecular flexibility index (Phi) is 3.89. The minimum Gasteiger partial charge on any atom is -0.469 e. The number of carbonyl (C=O) groups excluding carboxylic acids is 1. The van der Waals surface area contributed by atoms with Crippen LogP contribution in [0.25, 0.3) is 0 Å². The molecule has 0 heterocycles. The summed E-state index contributed by atoms with van der Waals surface area (Å²) in [4.78, 5) is 11.3. The standard InChI is InChI=1S/C13H18O2/c1-9-5-6-12(10(2)7-9)8-11(3)13(14)15-4/h5-7,11H,8H2,1-4H3. The Bertz CT molecular complexity index is 356. The van der Waals surface area contributed by atoms with Crippen LogP contribution in [0.3, 0.4) is 0 Å². The number of benzene rings is 1. The van der Waals surface area contributed by atoms with Crippen molar-refractivity contribution in [2.45, 2.75) is 27.2 Å². The van der Waals surface area contributed by atoms with Crippen LogP contribution >= 0.6 is 0 Å². The van der Waals surface area contributed by atoms with Gasteiger partial charge in [-0.1, -0.05) is 30.7 Å². The molecule has 0 aliphatic carbocycles. The number of aryl methyl sites for hydroxylation is 2. The van der Waals surface area contributed by atoms with Crippen LogP contribution < -0.4 is 0 Å². The number of methoxy groups -OCH3 is 1. The smallest absolute Gasteiger partial charge is 0.308 e. The molecule has 0 bridgehead atoms. The Morgan fingerprint density at radius 3 is 2.60 bits per heavy atom. The number of rotatable bonds is 3. The summed E-state index contributed by atoms with van der Waals surface area (Å²) in [6.45, 7) is 6.04. The first-order chi connectivity index (χ1) is 7.04. The summed E-state index contributed by atoms with van der Waals surface area (Å²) in [5.41, 5.74) is 3.71. The third kappa shape index (κ3) is 3.08. The van der Waals surface area contributed by atoms with Crippen LogP contribution in [0.2, 0.25) is 0 Å². The Morgan fingerprint density at radius 2 is 2.07 bits per heavy atom. The summed E-state index contributed by atoms with van der Waals surface area (Å²) in [5.74, 6) is -0.216. The lowest BCUT2D eigenvalue weighted by Gasteiger charge is -2.11. The molecule has 1 rings (SSSR count). The van der Waals surface area contributed by atoms with E-state index in [1.165, 1.54) is 23.8 Å². The third-order valence-electron chi connectivity index (χ3n) is 2.63. The molecule has 1 aromatic carbocycles. The first-order valence-corrected chi connectivity index (χ1v) is 5.18. The van der Waals surface area contributed by atoms with E-state index in [0.717, 1.165) is 6.42 Å². The number of esters is 1. The zero-order valence-electron chi connectivity index (χ0n) is 9.83. The van der Waals surface area contributed by atoms with E-state index in [2.05, 4.69) is 32.0 Å². The summed E-state index contributed by atoms with van der Waals surface area (Å²) in [6.07, 6.45) is 0.749. The zero-order chi connectivity index (χ0) is 11.4. The summed E-state index contributed by atoms with van der Waals surface area (Å²) in [7, 11) is 1.43. The number of hydrogen-bond donors (Lipinski definition) is 0. The van der Waals surface area contributed by atoms with Crippen molar-refractivity contribution in [2.24, 2.45) is 5.92 Å². The van der Waals surface area contributed by atoms with Gasteiger partial charge in [0.1, 0.15) is 0 Å². The maximum atomic E-state index is 11.3. The predicted octanol–water partition coefficient (Wildman–Crippen LogP) is 2.66. The molecule has 0 fully saturated rings. The minimum atomic E-state index is -0.144. The molecule has 1 aromatic rings. The highest BCUT2D eigenvalue weighted by Gasteiger charge is 2.14. The van der Waals surface area contributed by atoms with Crippen LogP contribution in [-0.4, -0.2) is 13.1 Å². The highest BCUT2D eigenvalue weighted by molar-refractivity contribution is 5.72. The first-order valence-electron chi connectivity index (χ1n) is 5.18. The lowest BCUT2D eigenvalue weighted by Crippen LogP contribution is -2.15. The molecule has 2 nitrogen and oxygen atoms in total.